The second kappa shape index (κ2) is 6.72. The first-order valence-corrected chi connectivity index (χ1v) is 8.09. The van der Waals surface area contributed by atoms with E-state index in [9.17, 15) is 4.79 Å². The summed E-state index contributed by atoms with van der Waals surface area (Å²) in [4.78, 5) is 12.4. The largest absolute Gasteiger partial charge is 0.352 e. The molecule has 0 spiro atoms. The van der Waals surface area contributed by atoms with Crippen LogP contribution in [-0.2, 0) is 11.2 Å². The van der Waals surface area contributed by atoms with Crippen molar-refractivity contribution < 1.29 is 4.79 Å². The molecule has 110 valence electrons. The van der Waals surface area contributed by atoms with Crippen molar-refractivity contribution in [1.29, 1.82) is 0 Å². The quantitative estimate of drug-likeness (QED) is 0.885. The molecule has 0 aromatic heterocycles. The molecule has 1 aliphatic heterocycles. The van der Waals surface area contributed by atoms with Crippen LogP contribution in [0.5, 0.6) is 0 Å². The minimum atomic E-state index is -0.397. The van der Waals surface area contributed by atoms with Crippen LogP contribution in [0.4, 0.5) is 0 Å². The van der Waals surface area contributed by atoms with Gasteiger partial charge in [0.25, 0.3) is 0 Å². The molecule has 20 heavy (non-hydrogen) atoms. The molecule has 0 bridgehead atoms. The molecular formula is C16H23BrN2O. The third kappa shape index (κ3) is 4.06. The normalized spacial score (nSPS) is 24.1. The number of carbonyl (C=O) groups is 1. The Labute approximate surface area is 129 Å². The maximum atomic E-state index is 12.4. The van der Waals surface area contributed by atoms with E-state index in [0.717, 1.165) is 36.7 Å². The van der Waals surface area contributed by atoms with Gasteiger partial charge in [-0.15, -0.1) is 0 Å². The molecule has 2 N–H and O–H groups in total. The highest BCUT2D eigenvalue weighted by Crippen LogP contribution is 2.19. The van der Waals surface area contributed by atoms with Crippen LogP contribution in [0.1, 0.15) is 38.7 Å². The average molecular weight is 339 g/mol. The van der Waals surface area contributed by atoms with Gasteiger partial charge in [0.05, 0.1) is 5.54 Å². The molecule has 1 aliphatic rings. The Morgan fingerprint density at radius 3 is 2.70 bits per heavy atom. The zero-order valence-corrected chi connectivity index (χ0v) is 13.8. The zero-order chi connectivity index (χ0) is 14.6. The second-order valence-electron chi connectivity index (χ2n) is 5.92. The summed E-state index contributed by atoms with van der Waals surface area (Å²) < 4.78 is 1.08. The molecule has 1 saturated heterocycles. The molecular weight excluding hydrogens is 316 g/mol. The standard InChI is InChI=1S/C16H23BrN2O/c1-12(11-13-5-7-14(17)8-6-13)19-15(20)16(2)9-3-4-10-18-16/h5-8,12,18H,3-4,9-11H2,1-2H3,(H,19,20). The number of hydrogen-bond acceptors (Lipinski definition) is 2. The van der Waals surface area contributed by atoms with Crippen LogP contribution in [0.15, 0.2) is 28.7 Å². The first-order chi connectivity index (χ1) is 9.49. The van der Waals surface area contributed by atoms with Gasteiger partial charge >= 0.3 is 0 Å². The second-order valence-corrected chi connectivity index (χ2v) is 6.84. The van der Waals surface area contributed by atoms with Crippen molar-refractivity contribution in [2.75, 3.05) is 6.54 Å². The fourth-order valence-corrected chi connectivity index (χ4v) is 2.92. The van der Waals surface area contributed by atoms with Gasteiger partial charge in [0, 0.05) is 10.5 Å². The number of nitrogens with one attached hydrogen (secondary N) is 2. The van der Waals surface area contributed by atoms with E-state index in [1.54, 1.807) is 0 Å². The van der Waals surface area contributed by atoms with Gasteiger partial charge in [-0.2, -0.15) is 0 Å². The van der Waals surface area contributed by atoms with Gasteiger partial charge in [0.15, 0.2) is 0 Å². The molecule has 1 fully saturated rings. The summed E-state index contributed by atoms with van der Waals surface area (Å²) in [5, 5.41) is 6.49. The fraction of sp³-hybridized carbons (Fsp3) is 0.562. The third-order valence-electron chi connectivity index (χ3n) is 3.95. The van der Waals surface area contributed by atoms with Gasteiger partial charge in [-0.25, -0.2) is 0 Å². The van der Waals surface area contributed by atoms with Crippen molar-refractivity contribution in [2.24, 2.45) is 0 Å². The number of benzene rings is 1. The predicted molar refractivity (Wildman–Crippen MR) is 85.7 cm³/mol. The van der Waals surface area contributed by atoms with Gasteiger partial charge in [0.2, 0.25) is 5.91 Å². The lowest BCUT2D eigenvalue weighted by Gasteiger charge is -2.34. The molecule has 1 heterocycles. The van der Waals surface area contributed by atoms with Crippen LogP contribution >= 0.6 is 15.9 Å². The Hall–Kier alpha value is -0.870. The molecule has 0 radical (unpaired) electrons. The zero-order valence-electron chi connectivity index (χ0n) is 12.2. The fourth-order valence-electron chi connectivity index (χ4n) is 2.66. The summed E-state index contributed by atoms with van der Waals surface area (Å²) in [6, 6.07) is 8.40. The van der Waals surface area contributed by atoms with E-state index in [0.29, 0.717) is 0 Å². The minimum Gasteiger partial charge on any atom is -0.352 e. The molecule has 0 aliphatic carbocycles. The van der Waals surface area contributed by atoms with Crippen molar-refractivity contribution in [2.45, 2.75) is 51.1 Å². The monoisotopic (exact) mass is 338 g/mol. The van der Waals surface area contributed by atoms with Gasteiger partial charge in [0.1, 0.15) is 0 Å². The first-order valence-electron chi connectivity index (χ1n) is 7.30. The lowest BCUT2D eigenvalue weighted by molar-refractivity contribution is -0.128. The number of piperidine rings is 1. The predicted octanol–water partition coefficient (Wildman–Crippen LogP) is 3.03. The molecule has 2 unspecified atom stereocenters. The summed E-state index contributed by atoms with van der Waals surface area (Å²) in [6.45, 7) is 5.00. The smallest absolute Gasteiger partial charge is 0.240 e. The van der Waals surface area contributed by atoms with E-state index in [-0.39, 0.29) is 11.9 Å². The van der Waals surface area contributed by atoms with Crippen molar-refractivity contribution >= 4 is 21.8 Å². The Morgan fingerprint density at radius 2 is 2.10 bits per heavy atom. The lowest BCUT2D eigenvalue weighted by Crippen LogP contribution is -2.58. The number of hydrogen-bond donors (Lipinski definition) is 2. The average Bonchev–Trinajstić information content (AvgIpc) is 2.42. The molecule has 2 rings (SSSR count). The highest BCUT2D eigenvalue weighted by molar-refractivity contribution is 9.10. The van der Waals surface area contributed by atoms with Gasteiger partial charge < -0.3 is 10.6 Å². The van der Waals surface area contributed by atoms with Gasteiger partial charge in [-0.05, 0) is 63.8 Å². The van der Waals surface area contributed by atoms with E-state index in [2.05, 4.69) is 45.6 Å². The molecule has 4 heteroatoms. The molecule has 1 amide bonds. The van der Waals surface area contributed by atoms with Crippen molar-refractivity contribution in [1.82, 2.24) is 10.6 Å². The van der Waals surface area contributed by atoms with Crippen LogP contribution in [0.3, 0.4) is 0 Å². The van der Waals surface area contributed by atoms with Crippen molar-refractivity contribution in [3.8, 4) is 0 Å². The van der Waals surface area contributed by atoms with Crippen LogP contribution in [0, 0.1) is 0 Å². The SMILES string of the molecule is CC(Cc1ccc(Br)cc1)NC(=O)C1(C)CCCCN1. The Morgan fingerprint density at radius 1 is 1.40 bits per heavy atom. The number of carbonyl (C=O) groups excluding carboxylic acids is 1. The van der Waals surface area contributed by atoms with E-state index in [4.69, 9.17) is 0 Å². The van der Waals surface area contributed by atoms with E-state index >= 15 is 0 Å². The molecule has 1 aromatic carbocycles. The van der Waals surface area contributed by atoms with Crippen LogP contribution in [0.2, 0.25) is 0 Å². The van der Waals surface area contributed by atoms with Crippen LogP contribution < -0.4 is 10.6 Å². The molecule has 1 aromatic rings. The van der Waals surface area contributed by atoms with Gasteiger partial charge in [-0.1, -0.05) is 28.1 Å². The summed E-state index contributed by atoms with van der Waals surface area (Å²) in [7, 11) is 0. The highest BCUT2D eigenvalue weighted by atomic mass is 79.9. The summed E-state index contributed by atoms with van der Waals surface area (Å²) >= 11 is 3.43. The summed E-state index contributed by atoms with van der Waals surface area (Å²) in [6.07, 6.45) is 4.06. The Kier molecular flexibility index (Phi) is 5.22. The van der Waals surface area contributed by atoms with Crippen molar-refractivity contribution in [3.63, 3.8) is 0 Å². The molecule has 3 nitrogen and oxygen atoms in total. The molecule has 0 saturated carbocycles. The maximum Gasteiger partial charge on any atom is 0.240 e. The van der Waals surface area contributed by atoms with Crippen LogP contribution in [-0.4, -0.2) is 24.0 Å². The number of amides is 1. The van der Waals surface area contributed by atoms with Crippen molar-refractivity contribution in [3.05, 3.63) is 34.3 Å². The van der Waals surface area contributed by atoms with E-state index < -0.39 is 5.54 Å². The first kappa shape index (κ1) is 15.5. The van der Waals surface area contributed by atoms with Crippen LogP contribution in [0.25, 0.3) is 0 Å². The van der Waals surface area contributed by atoms with E-state index in [1.807, 2.05) is 19.1 Å². The number of halogens is 1. The summed E-state index contributed by atoms with van der Waals surface area (Å²) in [5.41, 5.74) is 0.842. The minimum absolute atomic E-state index is 0.127. The Balaban J connectivity index is 1.88. The molecule has 2 atom stereocenters. The topological polar surface area (TPSA) is 41.1 Å². The third-order valence-corrected chi connectivity index (χ3v) is 4.48. The maximum absolute atomic E-state index is 12.4. The van der Waals surface area contributed by atoms with E-state index in [1.165, 1.54) is 5.56 Å². The van der Waals surface area contributed by atoms with Gasteiger partial charge in [-0.3, -0.25) is 4.79 Å². The Bertz CT molecular complexity index is 452. The highest BCUT2D eigenvalue weighted by Gasteiger charge is 2.34. The summed E-state index contributed by atoms with van der Waals surface area (Å²) in [5.74, 6) is 0.127. The lowest BCUT2D eigenvalue weighted by atomic mass is 9.89. The number of rotatable bonds is 4.